The van der Waals surface area contributed by atoms with Crippen molar-refractivity contribution in [2.75, 3.05) is 33.4 Å². The van der Waals surface area contributed by atoms with E-state index in [1.165, 1.54) is 25.3 Å². The number of sulfonamides is 1. The zero-order valence-electron chi connectivity index (χ0n) is 18.7. The fourth-order valence-electron chi connectivity index (χ4n) is 3.77. The Hall–Kier alpha value is -2.42. The van der Waals surface area contributed by atoms with E-state index in [1.54, 1.807) is 4.90 Å². The van der Waals surface area contributed by atoms with Crippen molar-refractivity contribution in [2.45, 2.75) is 38.6 Å². The van der Waals surface area contributed by atoms with Crippen molar-refractivity contribution in [3.63, 3.8) is 0 Å². The van der Waals surface area contributed by atoms with Gasteiger partial charge in [-0.05, 0) is 68.1 Å². The van der Waals surface area contributed by atoms with E-state index in [0.717, 1.165) is 22.3 Å². The number of methoxy groups -OCH3 is 1. The Kier molecular flexibility index (Phi) is 7.03. The molecule has 0 bridgehead atoms. The predicted molar refractivity (Wildman–Crippen MR) is 119 cm³/mol. The van der Waals surface area contributed by atoms with E-state index in [1.807, 2.05) is 33.8 Å². The van der Waals surface area contributed by atoms with Crippen LogP contribution < -0.4 is 9.46 Å². The van der Waals surface area contributed by atoms with E-state index >= 15 is 0 Å². The molecule has 1 aliphatic rings. The first kappa shape index (κ1) is 23.2. The number of nitrogens with one attached hydrogen (secondary N) is 1. The van der Waals surface area contributed by atoms with Crippen LogP contribution in [0.25, 0.3) is 0 Å². The molecule has 8 heteroatoms. The van der Waals surface area contributed by atoms with Crippen LogP contribution in [0.15, 0.2) is 35.2 Å². The third kappa shape index (κ3) is 5.08. The van der Waals surface area contributed by atoms with Gasteiger partial charge in [-0.25, -0.2) is 13.1 Å². The minimum Gasteiger partial charge on any atom is -0.496 e. The molecule has 0 saturated carbocycles. The van der Waals surface area contributed by atoms with Crippen molar-refractivity contribution < 1.29 is 22.7 Å². The number of carbonyl (C=O) groups is 1. The summed E-state index contributed by atoms with van der Waals surface area (Å²) in [4.78, 5) is 14.7. The first-order valence-electron chi connectivity index (χ1n) is 10.3. The lowest BCUT2D eigenvalue weighted by atomic mass is 9.97. The second-order valence-corrected chi connectivity index (χ2v) is 9.62. The molecular weight excluding hydrogens is 416 g/mol. The van der Waals surface area contributed by atoms with E-state index in [0.29, 0.717) is 32.1 Å². The summed E-state index contributed by atoms with van der Waals surface area (Å²) in [5, 5.41) is 0. The number of hydrogen-bond acceptors (Lipinski definition) is 5. The number of carbonyl (C=O) groups excluding carboxylic acids is 1. The maximum atomic E-state index is 13.1. The fourth-order valence-corrected chi connectivity index (χ4v) is 5.02. The third-order valence-electron chi connectivity index (χ3n) is 5.69. The zero-order chi connectivity index (χ0) is 22.8. The summed E-state index contributed by atoms with van der Waals surface area (Å²) in [6, 6.07) is 8.01. The highest BCUT2D eigenvalue weighted by molar-refractivity contribution is 7.89. The first-order valence-corrected chi connectivity index (χ1v) is 11.8. The number of benzene rings is 2. The number of ether oxygens (including phenoxy) is 2. The number of hydrogen-bond donors (Lipinski definition) is 1. The van der Waals surface area contributed by atoms with E-state index < -0.39 is 16.1 Å². The highest BCUT2D eigenvalue weighted by Gasteiger charge is 2.26. The Labute approximate surface area is 184 Å². The molecule has 1 saturated heterocycles. The highest BCUT2D eigenvalue weighted by atomic mass is 32.2. The van der Waals surface area contributed by atoms with Crippen LogP contribution in [-0.4, -0.2) is 52.6 Å². The molecule has 1 amide bonds. The third-order valence-corrected chi connectivity index (χ3v) is 7.23. The number of rotatable bonds is 6. The van der Waals surface area contributed by atoms with Crippen molar-refractivity contribution >= 4 is 15.9 Å². The topological polar surface area (TPSA) is 84.9 Å². The summed E-state index contributed by atoms with van der Waals surface area (Å²) < 4.78 is 39.6. The molecule has 1 aliphatic heterocycles. The van der Waals surface area contributed by atoms with Crippen LogP contribution in [0.1, 0.15) is 45.6 Å². The van der Waals surface area contributed by atoms with Crippen LogP contribution in [-0.2, 0) is 14.8 Å². The molecule has 1 atom stereocenters. The molecule has 2 aromatic rings. The summed E-state index contributed by atoms with van der Waals surface area (Å²) in [6.45, 7) is 9.66. The number of amides is 1. The molecule has 0 aromatic heterocycles. The molecule has 3 rings (SSSR count). The van der Waals surface area contributed by atoms with Gasteiger partial charge in [-0.3, -0.25) is 4.79 Å². The van der Waals surface area contributed by atoms with Crippen LogP contribution in [0.5, 0.6) is 5.75 Å². The summed E-state index contributed by atoms with van der Waals surface area (Å²) in [5.74, 6) is 0.0729. The zero-order valence-corrected chi connectivity index (χ0v) is 19.5. The maximum Gasteiger partial charge on any atom is 0.257 e. The van der Waals surface area contributed by atoms with Crippen molar-refractivity contribution in [3.8, 4) is 5.75 Å². The van der Waals surface area contributed by atoms with Gasteiger partial charge in [0.25, 0.3) is 5.91 Å². The monoisotopic (exact) mass is 446 g/mol. The quantitative estimate of drug-likeness (QED) is 0.737. The Morgan fingerprint density at radius 3 is 2.35 bits per heavy atom. The van der Waals surface area contributed by atoms with Gasteiger partial charge in [0.2, 0.25) is 10.0 Å². The molecule has 0 radical (unpaired) electrons. The normalized spacial score (nSPS) is 15.6. The second kappa shape index (κ2) is 9.38. The average molecular weight is 447 g/mol. The second-order valence-electron chi connectivity index (χ2n) is 7.90. The summed E-state index contributed by atoms with van der Waals surface area (Å²) in [7, 11) is -2.40. The van der Waals surface area contributed by atoms with Gasteiger partial charge >= 0.3 is 0 Å². The molecule has 2 aromatic carbocycles. The molecule has 1 fully saturated rings. The van der Waals surface area contributed by atoms with Gasteiger partial charge < -0.3 is 14.4 Å². The lowest BCUT2D eigenvalue weighted by Gasteiger charge is -2.27. The standard InChI is InChI=1S/C23H30N2O5S/c1-15-12-17(3)20(13-16(15)2)18(4)24-31(27,28)19-6-7-22(29-5)21(14-19)23(26)25-8-10-30-11-9-25/h6-7,12-14,18,24H,8-11H2,1-5H3/t18-/m0/s1. The molecule has 168 valence electrons. The lowest BCUT2D eigenvalue weighted by Crippen LogP contribution is -2.40. The van der Waals surface area contributed by atoms with Crippen LogP contribution in [0.4, 0.5) is 0 Å². The van der Waals surface area contributed by atoms with Gasteiger partial charge in [-0.15, -0.1) is 0 Å². The number of nitrogens with zero attached hydrogens (tertiary/aromatic N) is 1. The maximum absolute atomic E-state index is 13.1. The van der Waals surface area contributed by atoms with Gasteiger partial charge in [-0.1, -0.05) is 12.1 Å². The van der Waals surface area contributed by atoms with Crippen LogP contribution >= 0.6 is 0 Å². The Balaban J connectivity index is 1.90. The van der Waals surface area contributed by atoms with E-state index in [-0.39, 0.29) is 16.4 Å². The molecule has 7 nitrogen and oxygen atoms in total. The van der Waals surface area contributed by atoms with Gasteiger partial charge in [0.15, 0.2) is 0 Å². The van der Waals surface area contributed by atoms with Crippen LogP contribution in [0.2, 0.25) is 0 Å². The minimum absolute atomic E-state index is 0.0262. The van der Waals surface area contributed by atoms with E-state index in [2.05, 4.69) is 10.8 Å². The van der Waals surface area contributed by atoms with E-state index in [9.17, 15) is 13.2 Å². The highest BCUT2D eigenvalue weighted by Crippen LogP contribution is 2.27. The smallest absolute Gasteiger partial charge is 0.257 e. The van der Waals surface area contributed by atoms with Gasteiger partial charge in [0.05, 0.1) is 30.8 Å². The van der Waals surface area contributed by atoms with Crippen molar-refractivity contribution in [1.29, 1.82) is 0 Å². The molecule has 1 N–H and O–H groups in total. The molecule has 31 heavy (non-hydrogen) atoms. The van der Waals surface area contributed by atoms with Crippen molar-refractivity contribution in [2.24, 2.45) is 0 Å². The summed E-state index contributed by atoms with van der Waals surface area (Å²) in [6.07, 6.45) is 0. The number of morpholine rings is 1. The van der Waals surface area contributed by atoms with Gasteiger partial charge in [-0.2, -0.15) is 0 Å². The molecule has 0 aliphatic carbocycles. The summed E-state index contributed by atoms with van der Waals surface area (Å²) in [5.41, 5.74) is 4.44. The van der Waals surface area contributed by atoms with Crippen molar-refractivity contribution in [1.82, 2.24) is 9.62 Å². The number of aryl methyl sites for hydroxylation is 3. The van der Waals surface area contributed by atoms with Crippen LogP contribution in [0, 0.1) is 20.8 Å². The Morgan fingerprint density at radius 2 is 1.71 bits per heavy atom. The van der Waals surface area contributed by atoms with Gasteiger partial charge in [0, 0.05) is 19.1 Å². The minimum atomic E-state index is -3.86. The molecule has 0 spiro atoms. The largest absolute Gasteiger partial charge is 0.496 e. The lowest BCUT2D eigenvalue weighted by molar-refractivity contribution is 0.0300. The summed E-state index contributed by atoms with van der Waals surface area (Å²) >= 11 is 0. The predicted octanol–water partition coefficient (Wildman–Crippen LogP) is 3.13. The van der Waals surface area contributed by atoms with E-state index in [4.69, 9.17) is 9.47 Å². The Bertz CT molecular complexity index is 1080. The van der Waals surface area contributed by atoms with Crippen LogP contribution in [0.3, 0.4) is 0 Å². The molecule has 0 unspecified atom stereocenters. The van der Waals surface area contributed by atoms with Crippen molar-refractivity contribution in [3.05, 3.63) is 58.1 Å². The molecule has 1 heterocycles. The fraction of sp³-hybridized carbons (Fsp3) is 0.435. The SMILES string of the molecule is COc1ccc(S(=O)(=O)N[C@@H](C)c2cc(C)c(C)cc2C)cc1C(=O)N1CCOCC1. The Morgan fingerprint density at radius 1 is 1.06 bits per heavy atom. The molecular formula is C23H30N2O5S. The van der Waals surface area contributed by atoms with Gasteiger partial charge in [0.1, 0.15) is 5.75 Å². The first-order chi connectivity index (χ1) is 14.6. The average Bonchev–Trinajstić information content (AvgIpc) is 2.75.